The Morgan fingerprint density at radius 1 is 1.10 bits per heavy atom. The number of nitrogens with zero attached hydrogens (tertiary/aromatic N) is 4. The van der Waals surface area contributed by atoms with Crippen LogP contribution < -0.4 is 16.0 Å². The number of morpholine rings is 1. The van der Waals surface area contributed by atoms with Gasteiger partial charge in [0.15, 0.2) is 0 Å². The van der Waals surface area contributed by atoms with Gasteiger partial charge < -0.3 is 25.8 Å². The van der Waals surface area contributed by atoms with Crippen LogP contribution in [0.2, 0.25) is 0 Å². The fourth-order valence-electron chi connectivity index (χ4n) is 2.75. The van der Waals surface area contributed by atoms with Gasteiger partial charge in [-0.25, -0.2) is 0 Å². The summed E-state index contributed by atoms with van der Waals surface area (Å²) in [5.41, 5.74) is 5.79. The third kappa shape index (κ3) is 3.70. The number of anilines is 3. The third-order valence-electron chi connectivity index (χ3n) is 3.96. The standard InChI is InChI=1S/C13H22N6O2/c14-11-16-12(15-9-1-3-10(20)4-2-9)18-13(17-11)19-5-7-21-8-6-19/h9-10,20H,1-8H2,(H3,14,15,16,17,18). The van der Waals surface area contributed by atoms with Crippen molar-refractivity contribution >= 4 is 17.8 Å². The van der Waals surface area contributed by atoms with Gasteiger partial charge in [0, 0.05) is 19.1 Å². The lowest BCUT2D eigenvalue weighted by Crippen LogP contribution is -2.38. The molecule has 1 aromatic rings. The van der Waals surface area contributed by atoms with Crippen molar-refractivity contribution in [1.29, 1.82) is 0 Å². The molecule has 8 nitrogen and oxygen atoms in total. The van der Waals surface area contributed by atoms with Crippen LogP contribution in [-0.4, -0.2) is 58.5 Å². The average Bonchev–Trinajstić information content (AvgIpc) is 2.50. The molecule has 0 spiro atoms. The Balaban J connectivity index is 1.68. The monoisotopic (exact) mass is 294 g/mol. The molecule has 0 atom stereocenters. The van der Waals surface area contributed by atoms with Crippen LogP contribution >= 0.6 is 0 Å². The summed E-state index contributed by atoms with van der Waals surface area (Å²) >= 11 is 0. The number of nitrogen functional groups attached to an aromatic ring is 1. The number of aliphatic hydroxyl groups excluding tert-OH is 1. The van der Waals surface area contributed by atoms with Gasteiger partial charge in [-0.3, -0.25) is 0 Å². The number of ether oxygens (including phenoxy) is 1. The van der Waals surface area contributed by atoms with E-state index in [4.69, 9.17) is 10.5 Å². The first-order valence-corrected chi connectivity index (χ1v) is 7.49. The van der Waals surface area contributed by atoms with Crippen molar-refractivity contribution in [2.45, 2.75) is 37.8 Å². The average molecular weight is 294 g/mol. The molecule has 3 rings (SSSR count). The molecule has 0 amide bonds. The van der Waals surface area contributed by atoms with Crippen molar-refractivity contribution in [3.05, 3.63) is 0 Å². The number of hydrogen-bond acceptors (Lipinski definition) is 8. The SMILES string of the molecule is Nc1nc(NC2CCC(O)CC2)nc(N2CCOCC2)n1. The number of aliphatic hydroxyl groups is 1. The lowest BCUT2D eigenvalue weighted by Gasteiger charge is -2.28. The van der Waals surface area contributed by atoms with Gasteiger partial charge in [-0.2, -0.15) is 15.0 Å². The second-order valence-corrected chi connectivity index (χ2v) is 5.57. The van der Waals surface area contributed by atoms with Gasteiger partial charge in [-0.15, -0.1) is 0 Å². The number of hydrogen-bond donors (Lipinski definition) is 3. The van der Waals surface area contributed by atoms with Crippen LogP contribution in [-0.2, 0) is 4.74 Å². The molecule has 1 aliphatic heterocycles. The summed E-state index contributed by atoms with van der Waals surface area (Å²) in [6, 6.07) is 0.285. The minimum atomic E-state index is -0.171. The predicted octanol–water partition coefficient (Wildman–Crippen LogP) is 0.00580. The van der Waals surface area contributed by atoms with E-state index in [2.05, 4.69) is 25.2 Å². The minimum absolute atomic E-state index is 0.171. The molecule has 1 saturated carbocycles. The summed E-state index contributed by atoms with van der Waals surface area (Å²) in [6.45, 7) is 2.88. The Bertz CT molecular complexity index is 472. The minimum Gasteiger partial charge on any atom is -0.393 e. The van der Waals surface area contributed by atoms with Crippen molar-refractivity contribution in [3.63, 3.8) is 0 Å². The highest BCUT2D eigenvalue weighted by atomic mass is 16.5. The molecule has 8 heteroatoms. The third-order valence-corrected chi connectivity index (χ3v) is 3.96. The first-order valence-electron chi connectivity index (χ1n) is 7.49. The number of nitrogens with one attached hydrogen (secondary N) is 1. The Morgan fingerprint density at radius 3 is 2.52 bits per heavy atom. The van der Waals surface area contributed by atoms with E-state index in [1.165, 1.54) is 0 Å². The van der Waals surface area contributed by atoms with Crippen LogP contribution in [0.4, 0.5) is 17.8 Å². The quantitative estimate of drug-likeness (QED) is 0.715. The molecule has 4 N–H and O–H groups in total. The molecule has 2 fully saturated rings. The second kappa shape index (κ2) is 6.40. The molecular weight excluding hydrogens is 272 g/mol. The Morgan fingerprint density at radius 2 is 1.81 bits per heavy atom. The zero-order chi connectivity index (χ0) is 14.7. The predicted molar refractivity (Wildman–Crippen MR) is 79.2 cm³/mol. The summed E-state index contributed by atoms with van der Waals surface area (Å²) in [6.07, 6.45) is 3.29. The van der Waals surface area contributed by atoms with Crippen LogP contribution in [0.5, 0.6) is 0 Å². The van der Waals surface area contributed by atoms with E-state index >= 15 is 0 Å². The van der Waals surface area contributed by atoms with Gasteiger partial charge in [0.05, 0.1) is 19.3 Å². The van der Waals surface area contributed by atoms with Crippen molar-refractivity contribution in [2.24, 2.45) is 0 Å². The topological polar surface area (TPSA) is 109 Å². The maximum absolute atomic E-state index is 9.54. The summed E-state index contributed by atoms with van der Waals surface area (Å²) in [4.78, 5) is 14.9. The van der Waals surface area contributed by atoms with Gasteiger partial charge >= 0.3 is 0 Å². The van der Waals surface area contributed by atoms with Crippen LogP contribution in [0.1, 0.15) is 25.7 Å². The maximum Gasteiger partial charge on any atom is 0.232 e. The highest BCUT2D eigenvalue weighted by Gasteiger charge is 2.21. The molecule has 0 unspecified atom stereocenters. The summed E-state index contributed by atoms with van der Waals surface area (Å²) < 4.78 is 5.33. The first-order chi connectivity index (χ1) is 10.2. The van der Waals surface area contributed by atoms with Gasteiger partial charge in [0.1, 0.15) is 0 Å². The van der Waals surface area contributed by atoms with Crippen LogP contribution in [0.3, 0.4) is 0 Å². The highest BCUT2D eigenvalue weighted by Crippen LogP contribution is 2.22. The van der Waals surface area contributed by atoms with Crippen LogP contribution in [0.25, 0.3) is 0 Å². The molecule has 2 aliphatic rings. The maximum atomic E-state index is 9.54. The Kier molecular flexibility index (Phi) is 4.35. The fraction of sp³-hybridized carbons (Fsp3) is 0.769. The van der Waals surface area contributed by atoms with Crippen LogP contribution in [0.15, 0.2) is 0 Å². The molecule has 1 aromatic heterocycles. The normalized spacial score (nSPS) is 26.6. The smallest absolute Gasteiger partial charge is 0.232 e. The fourth-order valence-corrected chi connectivity index (χ4v) is 2.75. The van der Waals surface area contributed by atoms with E-state index in [1.807, 2.05) is 0 Å². The summed E-state index contributed by atoms with van der Waals surface area (Å²) in [7, 11) is 0. The molecule has 0 bridgehead atoms. The molecule has 2 heterocycles. The van der Waals surface area contributed by atoms with E-state index in [-0.39, 0.29) is 18.1 Å². The lowest BCUT2D eigenvalue weighted by atomic mass is 9.93. The number of aromatic nitrogens is 3. The molecule has 116 valence electrons. The van der Waals surface area contributed by atoms with Gasteiger partial charge in [-0.05, 0) is 25.7 Å². The van der Waals surface area contributed by atoms with Crippen molar-refractivity contribution in [1.82, 2.24) is 15.0 Å². The molecule has 0 radical (unpaired) electrons. The first kappa shape index (κ1) is 14.3. The van der Waals surface area contributed by atoms with E-state index in [1.54, 1.807) is 0 Å². The largest absolute Gasteiger partial charge is 0.393 e. The van der Waals surface area contributed by atoms with Gasteiger partial charge in [-0.1, -0.05) is 0 Å². The molecule has 1 saturated heterocycles. The Hall–Kier alpha value is -1.67. The molecule has 21 heavy (non-hydrogen) atoms. The second-order valence-electron chi connectivity index (χ2n) is 5.57. The van der Waals surface area contributed by atoms with E-state index < -0.39 is 0 Å². The number of rotatable bonds is 3. The highest BCUT2D eigenvalue weighted by molar-refractivity contribution is 5.42. The zero-order valence-electron chi connectivity index (χ0n) is 12.0. The van der Waals surface area contributed by atoms with E-state index in [0.717, 1.165) is 38.8 Å². The molecule has 0 aromatic carbocycles. The van der Waals surface area contributed by atoms with Crippen molar-refractivity contribution in [2.75, 3.05) is 42.3 Å². The van der Waals surface area contributed by atoms with E-state index in [9.17, 15) is 5.11 Å². The zero-order valence-corrected chi connectivity index (χ0v) is 12.0. The molecule has 1 aliphatic carbocycles. The van der Waals surface area contributed by atoms with Crippen molar-refractivity contribution in [3.8, 4) is 0 Å². The Labute approximate surface area is 123 Å². The summed E-state index contributed by atoms with van der Waals surface area (Å²) in [5, 5.41) is 12.9. The molecular formula is C13H22N6O2. The summed E-state index contributed by atoms with van der Waals surface area (Å²) in [5.74, 6) is 1.35. The van der Waals surface area contributed by atoms with Gasteiger partial charge in [0.25, 0.3) is 0 Å². The van der Waals surface area contributed by atoms with Crippen molar-refractivity contribution < 1.29 is 9.84 Å². The van der Waals surface area contributed by atoms with E-state index in [0.29, 0.717) is 25.1 Å². The van der Waals surface area contributed by atoms with Crippen LogP contribution in [0, 0.1) is 0 Å². The lowest BCUT2D eigenvalue weighted by molar-refractivity contribution is 0.122. The van der Waals surface area contributed by atoms with Gasteiger partial charge in [0.2, 0.25) is 17.8 Å². The number of nitrogens with two attached hydrogens (primary N) is 1.